The highest BCUT2D eigenvalue weighted by atomic mass is 15.4. The topological polar surface area (TPSA) is 30.7 Å². The predicted octanol–water partition coefficient (Wildman–Crippen LogP) is 1.96. The van der Waals surface area contributed by atoms with Gasteiger partial charge in [-0.3, -0.25) is 4.68 Å². The van der Waals surface area contributed by atoms with Crippen molar-refractivity contribution >= 4 is 5.57 Å². The summed E-state index contributed by atoms with van der Waals surface area (Å²) in [6, 6.07) is 0. The standard InChI is InChI=1S/C10H13N3/c1-4-5-6-7-9(2)10-8-13(3)12-11-10/h4-8H,2H2,1,3H3/b5-4-,7-6-. The molecule has 0 saturated carbocycles. The first-order valence-corrected chi connectivity index (χ1v) is 4.09. The zero-order chi connectivity index (χ0) is 9.68. The maximum absolute atomic E-state index is 3.93. The van der Waals surface area contributed by atoms with Gasteiger partial charge in [-0.05, 0) is 12.5 Å². The molecule has 0 radical (unpaired) electrons. The molecule has 1 aromatic heterocycles. The Morgan fingerprint density at radius 3 is 2.85 bits per heavy atom. The molecule has 0 fully saturated rings. The number of aromatic nitrogens is 3. The Morgan fingerprint density at radius 2 is 2.31 bits per heavy atom. The fraction of sp³-hybridized carbons (Fsp3) is 0.200. The van der Waals surface area contributed by atoms with Crippen molar-refractivity contribution in [3.05, 3.63) is 42.8 Å². The minimum absolute atomic E-state index is 0.809. The van der Waals surface area contributed by atoms with Gasteiger partial charge in [0, 0.05) is 7.05 Å². The zero-order valence-electron chi connectivity index (χ0n) is 7.94. The van der Waals surface area contributed by atoms with E-state index in [-0.39, 0.29) is 0 Å². The smallest absolute Gasteiger partial charge is 0.112 e. The van der Waals surface area contributed by atoms with Crippen LogP contribution in [0.3, 0.4) is 0 Å². The van der Waals surface area contributed by atoms with E-state index >= 15 is 0 Å². The predicted molar refractivity (Wildman–Crippen MR) is 54.0 cm³/mol. The monoisotopic (exact) mass is 175 g/mol. The van der Waals surface area contributed by atoms with E-state index in [4.69, 9.17) is 0 Å². The van der Waals surface area contributed by atoms with Crippen LogP contribution >= 0.6 is 0 Å². The van der Waals surface area contributed by atoms with Gasteiger partial charge in [-0.1, -0.05) is 36.1 Å². The second kappa shape index (κ2) is 4.40. The maximum Gasteiger partial charge on any atom is 0.112 e. The molecule has 0 aliphatic carbocycles. The number of hydrogen-bond donors (Lipinski definition) is 0. The lowest BCUT2D eigenvalue weighted by molar-refractivity contribution is 0.714. The molecular weight excluding hydrogens is 162 g/mol. The molecule has 13 heavy (non-hydrogen) atoms. The number of allylic oxidation sites excluding steroid dienone is 5. The van der Waals surface area contributed by atoms with Crippen LogP contribution < -0.4 is 0 Å². The molecular formula is C10H13N3. The SMILES string of the molecule is C=C(/C=C\C=C/C)c1cn(C)nn1. The Bertz CT molecular complexity index is 345. The molecule has 0 unspecified atom stereocenters. The van der Waals surface area contributed by atoms with E-state index < -0.39 is 0 Å². The summed E-state index contributed by atoms with van der Waals surface area (Å²) in [5, 5.41) is 7.75. The van der Waals surface area contributed by atoms with Crippen LogP contribution in [-0.4, -0.2) is 15.0 Å². The molecule has 3 heteroatoms. The summed E-state index contributed by atoms with van der Waals surface area (Å²) < 4.78 is 1.66. The lowest BCUT2D eigenvalue weighted by Gasteiger charge is -1.89. The molecule has 0 spiro atoms. The van der Waals surface area contributed by atoms with Gasteiger partial charge in [0.05, 0.1) is 6.20 Å². The van der Waals surface area contributed by atoms with Crippen molar-refractivity contribution in [3.63, 3.8) is 0 Å². The van der Waals surface area contributed by atoms with E-state index in [1.165, 1.54) is 0 Å². The van der Waals surface area contributed by atoms with Gasteiger partial charge < -0.3 is 0 Å². The van der Waals surface area contributed by atoms with Crippen LogP contribution in [-0.2, 0) is 7.05 Å². The van der Waals surface area contributed by atoms with E-state index in [0.29, 0.717) is 0 Å². The summed E-state index contributed by atoms with van der Waals surface area (Å²) in [5.74, 6) is 0. The normalized spacial score (nSPS) is 11.5. The van der Waals surface area contributed by atoms with Crippen molar-refractivity contribution in [2.45, 2.75) is 6.92 Å². The van der Waals surface area contributed by atoms with Crippen LogP contribution in [0.25, 0.3) is 5.57 Å². The molecule has 1 heterocycles. The third kappa shape index (κ3) is 2.71. The second-order valence-corrected chi connectivity index (χ2v) is 2.69. The molecule has 1 rings (SSSR count). The lowest BCUT2D eigenvalue weighted by Crippen LogP contribution is -1.85. The van der Waals surface area contributed by atoms with Crippen LogP contribution in [0.4, 0.5) is 0 Å². The summed E-state index contributed by atoms with van der Waals surface area (Å²) in [6.45, 7) is 5.84. The summed E-state index contributed by atoms with van der Waals surface area (Å²) in [6.07, 6.45) is 9.57. The number of nitrogens with zero attached hydrogens (tertiary/aromatic N) is 3. The molecule has 1 aromatic rings. The number of hydrogen-bond acceptors (Lipinski definition) is 2. The maximum atomic E-state index is 3.93. The van der Waals surface area contributed by atoms with Crippen LogP contribution in [0.1, 0.15) is 12.6 Å². The molecule has 3 nitrogen and oxygen atoms in total. The second-order valence-electron chi connectivity index (χ2n) is 2.69. The largest absolute Gasteiger partial charge is 0.255 e. The van der Waals surface area contributed by atoms with Crippen molar-refractivity contribution in [2.75, 3.05) is 0 Å². The van der Waals surface area contributed by atoms with E-state index in [1.807, 2.05) is 44.5 Å². The van der Waals surface area contributed by atoms with E-state index in [1.54, 1.807) is 4.68 Å². The van der Waals surface area contributed by atoms with Gasteiger partial charge in [0.15, 0.2) is 0 Å². The van der Waals surface area contributed by atoms with Gasteiger partial charge in [0.2, 0.25) is 0 Å². The fourth-order valence-corrected chi connectivity index (χ4v) is 0.863. The Labute approximate surface area is 78.1 Å². The minimum atomic E-state index is 0.809. The van der Waals surface area contributed by atoms with Crippen LogP contribution in [0, 0.1) is 0 Å². The highest BCUT2D eigenvalue weighted by Crippen LogP contribution is 2.08. The molecule has 0 atom stereocenters. The Balaban J connectivity index is 2.69. The van der Waals surface area contributed by atoms with E-state index in [9.17, 15) is 0 Å². The Morgan fingerprint density at radius 1 is 1.54 bits per heavy atom. The van der Waals surface area contributed by atoms with Gasteiger partial charge in [-0.2, -0.15) is 0 Å². The summed E-state index contributed by atoms with van der Waals surface area (Å²) in [5.41, 5.74) is 1.68. The highest BCUT2D eigenvalue weighted by Gasteiger charge is 1.98. The van der Waals surface area contributed by atoms with Crippen molar-refractivity contribution < 1.29 is 0 Å². The summed E-state index contributed by atoms with van der Waals surface area (Å²) in [4.78, 5) is 0. The van der Waals surface area contributed by atoms with Crippen molar-refractivity contribution in [1.29, 1.82) is 0 Å². The van der Waals surface area contributed by atoms with E-state index in [0.717, 1.165) is 11.3 Å². The van der Waals surface area contributed by atoms with Gasteiger partial charge in [0.25, 0.3) is 0 Å². The molecule has 0 aliphatic heterocycles. The number of aryl methyl sites for hydroxylation is 1. The van der Waals surface area contributed by atoms with E-state index in [2.05, 4.69) is 16.9 Å². The quantitative estimate of drug-likeness (QED) is 0.657. The van der Waals surface area contributed by atoms with Gasteiger partial charge >= 0.3 is 0 Å². The first-order valence-electron chi connectivity index (χ1n) is 4.09. The third-order valence-corrected chi connectivity index (χ3v) is 1.53. The van der Waals surface area contributed by atoms with Crippen LogP contribution in [0.5, 0.6) is 0 Å². The first-order chi connectivity index (χ1) is 6.24. The van der Waals surface area contributed by atoms with Gasteiger partial charge in [0.1, 0.15) is 5.69 Å². The molecule has 0 amide bonds. The first kappa shape index (κ1) is 9.45. The average Bonchev–Trinajstić information content (AvgIpc) is 2.52. The van der Waals surface area contributed by atoms with Crippen LogP contribution in [0.15, 0.2) is 37.1 Å². The average molecular weight is 175 g/mol. The third-order valence-electron chi connectivity index (χ3n) is 1.53. The summed E-state index contributed by atoms with van der Waals surface area (Å²) in [7, 11) is 1.83. The molecule has 0 saturated heterocycles. The van der Waals surface area contributed by atoms with Crippen molar-refractivity contribution in [1.82, 2.24) is 15.0 Å². The number of rotatable bonds is 3. The lowest BCUT2D eigenvalue weighted by atomic mass is 10.2. The fourth-order valence-electron chi connectivity index (χ4n) is 0.863. The molecule has 0 aromatic carbocycles. The van der Waals surface area contributed by atoms with Gasteiger partial charge in [-0.25, -0.2) is 0 Å². The highest BCUT2D eigenvalue weighted by molar-refractivity contribution is 5.68. The van der Waals surface area contributed by atoms with Gasteiger partial charge in [-0.15, -0.1) is 5.10 Å². The molecule has 68 valence electrons. The molecule has 0 bridgehead atoms. The zero-order valence-corrected chi connectivity index (χ0v) is 7.94. The van der Waals surface area contributed by atoms with Crippen molar-refractivity contribution in [2.24, 2.45) is 7.05 Å². The van der Waals surface area contributed by atoms with Crippen LogP contribution in [0.2, 0.25) is 0 Å². The minimum Gasteiger partial charge on any atom is -0.255 e. The Kier molecular flexibility index (Phi) is 3.20. The van der Waals surface area contributed by atoms with Crippen molar-refractivity contribution in [3.8, 4) is 0 Å². The molecule has 0 N–H and O–H groups in total. The molecule has 0 aliphatic rings. The summed E-state index contributed by atoms with van der Waals surface area (Å²) >= 11 is 0. The Hall–Kier alpha value is -1.64.